The quantitative estimate of drug-likeness (QED) is 0.865. The minimum atomic E-state index is -1.03. The van der Waals surface area contributed by atoms with E-state index in [1.165, 1.54) is 6.20 Å². The molecule has 0 saturated carbocycles. The first-order valence-corrected chi connectivity index (χ1v) is 6.38. The van der Waals surface area contributed by atoms with Crippen molar-refractivity contribution in [2.75, 3.05) is 11.9 Å². The van der Waals surface area contributed by atoms with Crippen LogP contribution in [0.15, 0.2) is 23.7 Å². The van der Waals surface area contributed by atoms with Crippen LogP contribution in [0, 0.1) is 6.92 Å². The van der Waals surface area contributed by atoms with E-state index in [0.717, 1.165) is 17.1 Å². The van der Waals surface area contributed by atoms with Gasteiger partial charge < -0.3 is 10.4 Å². The Balaban J connectivity index is 1.96. The van der Waals surface area contributed by atoms with Gasteiger partial charge in [0.15, 0.2) is 5.69 Å². The van der Waals surface area contributed by atoms with Gasteiger partial charge >= 0.3 is 5.97 Å². The molecular formula is C12H13N3O2S. The number of nitrogens with zero attached hydrogens (tertiary/aromatic N) is 2. The van der Waals surface area contributed by atoms with Gasteiger partial charge in [-0.15, -0.1) is 11.3 Å². The number of hydrogen-bond acceptors (Lipinski definition) is 5. The van der Waals surface area contributed by atoms with E-state index in [0.29, 0.717) is 12.2 Å². The average molecular weight is 263 g/mol. The van der Waals surface area contributed by atoms with E-state index < -0.39 is 5.97 Å². The van der Waals surface area contributed by atoms with Gasteiger partial charge in [-0.1, -0.05) is 0 Å². The molecule has 0 radical (unpaired) electrons. The summed E-state index contributed by atoms with van der Waals surface area (Å²) in [4.78, 5) is 19.1. The molecule has 2 N–H and O–H groups in total. The molecule has 0 fully saturated rings. The summed E-state index contributed by atoms with van der Waals surface area (Å²) in [6, 6.07) is 3.42. The molecule has 0 saturated heterocycles. The molecule has 0 aromatic carbocycles. The van der Waals surface area contributed by atoms with Crippen LogP contribution in [0.1, 0.15) is 21.2 Å². The number of aryl methyl sites for hydroxylation is 1. The van der Waals surface area contributed by atoms with Crippen LogP contribution in [0.25, 0.3) is 0 Å². The third kappa shape index (κ3) is 3.04. The van der Waals surface area contributed by atoms with Gasteiger partial charge in [-0.25, -0.2) is 14.8 Å². The predicted molar refractivity (Wildman–Crippen MR) is 70.2 cm³/mol. The van der Waals surface area contributed by atoms with Crippen LogP contribution in [0.5, 0.6) is 0 Å². The zero-order valence-corrected chi connectivity index (χ0v) is 10.7. The maximum Gasteiger partial charge on any atom is 0.356 e. The summed E-state index contributed by atoms with van der Waals surface area (Å²) < 4.78 is 0. The van der Waals surface area contributed by atoms with E-state index in [2.05, 4.69) is 15.3 Å². The van der Waals surface area contributed by atoms with E-state index in [9.17, 15) is 4.79 Å². The molecule has 0 aliphatic carbocycles. The largest absolute Gasteiger partial charge is 0.476 e. The Labute approximate surface area is 109 Å². The number of carbonyl (C=O) groups is 1. The maximum absolute atomic E-state index is 10.9. The lowest BCUT2D eigenvalue weighted by molar-refractivity contribution is 0.0691. The smallest absolute Gasteiger partial charge is 0.356 e. The highest BCUT2D eigenvalue weighted by atomic mass is 32.1. The molecule has 0 spiro atoms. The minimum Gasteiger partial charge on any atom is -0.476 e. The topological polar surface area (TPSA) is 75.1 Å². The summed E-state index contributed by atoms with van der Waals surface area (Å²) in [5.41, 5.74) is 1.61. The molecule has 0 atom stereocenters. The van der Waals surface area contributed by atoms with Crippen LogP contribution >= 0.6 is 11.3 Å². The summed E-state index contributed by atoms with van der Waals surface area (Å²) in [5.74, 6) is -1.03. The monoisotopic (exact) mass is 263 g/mol. The first-order chi connectivity index (χ1) is 8.66. The number of anilines is 1. The fraction of sp³-hybridized carbons (Fsp3) is 0.250. The number of aromatic carboxylic acids is 1. The number of carboxylic acid groups (broad SMARTS) is 1. The number of carboxylic acids is 1. The van der Waals surface area contributed by atoms with E-state index in [4.69, 9.17) is 5.11 Å². The number of nitrogens with one attached hydrogen (secondary N) is 1. The van der Waals surface area contributed by atoms with Crippen molar-refractivity contribution < 1.29 is 9.90 Å². The van der Waals surface area contributed by atoms with Crippen molar-refractivity contribution in [1.82, 2.24) is 9.97 Å². The van der Waals surface area contributed by atoms with Gasteiger partial charge in [-0.3, -0.25) is 0 Å². The van der Waals surface area contributed by atoms with Crippen LogP contribution in [-0.2, 0) is 6.42 Å². The Kier molecular flexibility index (Phi) is 3.88. The zero-order chi connectivity index (χ0) is 13.0. The van der Waals surface area contributed by atoms with Gasteiger partial charge in [0.05, 0.1) is 16.4 Å². The summed E-state index contributed by atoms with van der Waals surface area (Å²) in [5, 5.41) is 15.1. The highest BCUT2D eigenvalue weighted by Crippen LogP contribution is 2.13. The molecule has 0 aliphatic rings. The molecule has 94 valence electrons. The van der Waals surface area contributed by atoms with Crippen molar-refractivity contribution in [2.45, 2.75) is 13.3 Å². The standard InChI is InChI=1S/C12H13N3O2S/c1-8-15-9(7-18-8)4-6-13-10-3-2-5-14-11(10)12(16)17/h2-3,5,7,13H,4,6H2,1H3,(H,16,17). The van der Waals surface area contributed by atoms with Crippen molar-refractivity contribution in [1.29, 1.82) is 0 Å². The molecule has 2 rings (SSSR count). The van der Waals surface area contributed by atoms with Crippen LogP contribution < -0.4 is 5.32 Å². The van der Waals surface area contributed by atoms with Crippen molar-refractivity contribution in [3.8, 4) is 0 Å². The molecule has 0 amide bonds. The third-order valence-corrected chi connectivity index (χ3v) is 3.20. The second kappa shape index (κ2) is 5.59. The SMILES string of the molecule is Cc1nc(CCNc2cccnc2C(=O)O)cs1. The maximum atomic E-state index is 10.9. The van der Waals surface area contributed by atoms with Crippen molar-refractivity contribution >= 4 is 23.0 Å². The molecule has 2 aromatic rings. The Bertz CT molecular complexity index is 554. The second-order valence-corrected chi connectivity index (χ2v) is 4.80. The number of aromatic nitrogens is 2. The fourth-order valence-corrected chi connectivity index (χ4v) is 2.21. The molecule has 6 heteroatoms. The summed E-state index contributed by atoms with van der Waals surface area (Å²) in [7, 11) is 0. The fourth-order valence-electron chi connectivity index (χ4n) is 1.57. The predicted octanol–water partition coefficient (Wildman–Crippen LogP) is 2.20. The molecule has 0 bridgehead atoms. The van der Waals surface area contributed by atoms with Gasteiger partial charge in [0.1, 0.15) is 0 Å². The highest BCUT2D eigenvalue weighted by molar-refractivity contribution is 7.09. The Morgan fingerprint density at radius 2 is 2.39 bits per heavy atom. The molecule has 5 nitrogen and oxygen atoms in total. The first-order valence-electron chi connectivity index (χ1n) is 5.50. The zero-order valence-electron chi connectivity index (χ0n) is 9.88. The van der Waals surface area contributed by atoms with Gasteiger partial charge in [0.2, 0.25) is 0 Å². The van der Waals surface area contributed by atoms with Gasteiger partial charge in [-0.2, -0.15) is 0 Å². The van der Waals surface area contributed by atoms with Gasteiger partial charge in [-0.05, 0) is 19.1 Å². The lowest BCUT2D eigenvalue weighted by atomic mass is 10.2. The van der Waals surface area contributed by atoms with E-state index >= 15 is 0 Å². The molecule has 0 unspecified atom stereocenters. The lowest BCUT2D eigenvalue weighted by Crippen LogP contribution is -2.11. The summed E-state index contributed by atoms with van der Waals surface area (Å²) in [6.07, 6.45) is 2.23. The Hall–Kier alpha value is -1.95. The van der Waals surface area contributed by atoms with Crippen molar-refractivity contribution in [2.24, 2.45) is 0 Å². The van der Waals surface area contributed by atoms with E-state index in [1.807, 2.05) is 12.3 Å². The number of pyridine rings is 1. The second-order valence-electron chi connectivity index (χ2n) is 3.74. The van der Waals surface area contributed by atoms with Crippen LogP contribution in [-0.4, -0.2) is 27.6 Å². The van der Waals surface area contributed by atoms with Crippen LogP contribution in [0.3, 0.4) is 0 Å². The van der Waals surface area contributed by atoms with E-state index in [1.54, 1.807) is 23.5 Å². The molecule has 2 heterocycles. The van der Waals surface area contributed by atoms with Crippen LogP contribution in [0.4, 0.5) is 5.69 Å². The third-order valence-electron chi connectivity index (χ3n) is 2.37. The number of rotatable bonds is 5. The Morgan fingerprint density at radius 1 is 1.56 bits per heavy atom. The normalized spacial score (nSPS) is 10.3. The van der Waals surface area contributed by atoms with Gasteiger partial charge in [0, 0.05) is 24.5 Å². The molecule has 18 heavy (non-hydrogen) atoms. The first kappa shape index (κ1) is 12.5. The van der Waals surface area contributed by atoms with E-state index in [-0.39, 0.29) is 5.69 Å². The average Bonchev–Trinajstić information content (AvgIpc) is 2.75. The minimum absolute atomic E-state index is 0.0481. The number of hydrogen-bond donors (Lipinski definition) is 2. The van der Waals surface area contributed by atoms with Crippen LogP contribution in [0.2, 0.25) is 0 Å². The summed E-state index contributed by atoms with van der Waals surface area (Å²) in [6.45, 7) is 2.60. The van der Waals surface area contributed by atoms with Crippen molar-refractivity contribution in [3.05, 3.63) is 40.1 Å². The van der Waals surface area contributed by atoms with Gasteiger partial charge in [0.25, 0.3) is 0 Å². The Morgan fingerprint density at radius 3 is 3.06 bits per heavy atom. The molecule has 2 aromatic heterocycles. The molecular weight excluding hydrogens is 250 g/mol. The van der Waals surface area contributed by atoms with Crippen molar-refractivity contribution in [3.63, 3.8) is 0 Å². The molecule has 0 aliphatic heterocycles. The summed E-state index contributed by atoms with van der Waals surface area (Å²) >= 11 is 1.61. The number of thiazole rings is 1. The highest BCUT2D eigenvalue weighted by Gasteiger charge is 2.10. The lowest BCUT2D eigenvalue weighted by Gasteiger charge is -2.07.